The smallest absolute Gasteiger partial charge is 0.333 e. The number of aryl methyl sites for hydroxylation is 1. The molecule has 3 nitrogen and oxygen atoms in total. The predicted octanol–water partition coefficient (Wildman–Crippen LogP) is 5.61. The summed E-state index contributed by atoms with van der Waals surface area (Å²) >= 11 is 0. The van der Waals surface area contributed by atoms with Gasteiger partial charge < -0.3 is 9.84 Å². The Hall–Kier alpha value is -3.17. The fourth-order valence-corrected chi connectivity index (χ4v) is 3.41. The number of hydrogen-bond donors (Lipinski definition) is 1. The molecule has 0 atom stereocenters. The minimum atomic E-state index is -0.362. The summed E-state index contributed by atoms with van der Waals surface area (Å²) in [5.74, 6) is -0.362. The molecule has 1 N–H and O–H groups in total. The minimum Gasteiger partial charge on any atom is -0.462 e. The molecular weight excluding hydrogens is 372 g/mol. The second kappa shape index (κ2) is 10.6. The minimum absolute atomic E-state index is 0.160. The monoisotopic (exact) mass is 400 g/mol. The Morgan fingerprint density at radius 3 is 2.07 bits per heavy atom. The van der Waals surface area contributed by atoms with Gasteiger partial charge in [-0.3, -0.25) is 0 Å². The van der Waals surface area contributed by atoms with Crippen LogP contribution in [0, 0.1) is 0 Å². The van der Waals surface area contributed by atoms with Crippen molar-refractivity contribution in [2.24, 2.45) is 0 Å². The SMILES string of the molecule is C=C(C)C(=O)OCCc1cc(-c2ccc(-c3ccccc3)cc2)ccc1CCCO. The largest absolute Gasteiger partial charge is 0.462 e. The van der Waals surface area contributed by atoms with Crippen LogP contribution in [0.15, 0.2) is 84.9 Å². The van der Waals surface area contributed by atoms with Crippen LogP contribution < -0.4 is 0 Å². The van der Waals surface area contributed by atoms with E-state index in [0.717, 1.165) is 23.1 Å². The number of aliphatic hydroxyl groups is 1. The van der Waals surface area contributed by atoms with E-state index in [0.29, 0.717) is 25.0 Å². The van der Waals surface area contributed by atoms with E-state index in [-0.39, 0.29) is 12.6 Å². The summed E-state index contributed by atoms with van der Waals surface area (Å²) in [6, 6.07) is 25.3. The van der Waals surface area contributed by atoms with E-state index >= 15 is 0 Å². The lowest BCUT2D eigenvalue weighted by molar-refractivity contribution is -0.138. The Morgan fingerprint density at radius 2 is 1.43 bits per heavy atom. The van der Waals surface area contributed by atoms with Crippen LogP contribution in [0.4, 0.5) is 0 Å². The standard InChI is InChI=1S/C27H28O3/c1-20(2)27(29)30-18-16-26-19-25(15-14-22(26)9-6-17-28)24-12-10-23(11-13-24)21-7-4-3-5-8-21/h3-5,7-8,10-15,19,28H,1,6,9,16-18H2,2H3. The summed E-state index contributed by atoms with van der Waals surface area (Å²) in [6.45, 7) is 5.74. The van der Waals surface area contributed by atoms with Gasteiger partial charge in [0.25, 0.3) is 0 Å². The first-order chi connectivity index (χ1) is 14.6. The molecule has 154 valence electrons. The highest BCUT2D eigenvalue weighted by atomic mass is 16.5. The molecule has 0 aliphatic rings. The third-order valence-electron chi connectivity index (χ3n) is 5.09. The van der Waals surface area contributed by atoms with Gasteiger partial charge in [-0.1, -0.05) is 79.4 Å². The number of ether oxygens (including phenoxy) is 1. The number of rotatable bonds is 9. The molecule has 0 aliphatic heterocycles. The van der Waals surface area contributed by atoms with Crippen LogP contribution >= 0.6 is 0 Å². The Labute approximate surface area is 178 Å². The number of benzene rings is 3. The molecule has 0 saturated heterocycles. The van der Waals surface area contributed by atoms with E-state index in [4.69, 9.17) is 4.74 Å². The first-order valence-electron chi connectivity index (χ1n) is 10.3. The molecule has 3 rings (SSSR count). The quantitative estimate of drug-likeness (QED) is 0.375. The van der Waals surface area contributed by atoms with E-state index in [9.17, 15) is 9.90 Å². The number of carbonyl (C=O) groups excluding carboxylic acids is 1. The topological polar surface area (TPSA) is 46.5 Å². The van der Waals surface area contributed by atoms with Crippen molar-refractivity contribution in [3.8, 4) is 22.3 Å². The normalized spacial score (nSPS) is 10.6. The summed E-state index contributed by atoms with van der Waals surface area (Å²) in [4.78, 5) is 11.7. The Balaban J connectivity index is 1.80. The zero-order valence-electron chi connectivity index (χ0n) is 17.4. The van der Waals surface area contributed by atoms with Crippen molar-refractivity contribution in [1.29, 1.82) is 0 Å². The number of esters is 1. The molecule has 0 aliphatic carbocycles. The molecule has 0 heterocycles. The zero-order valence-corrected chi connectivity index (χ0v) is 17.4. The van der Waals surface area contributed by atoms with E-state index in [1.807, 2.05) is 18.2 Å². The fourth-order valence-electron chi connectivity index (χ4n) is 3.41. The van der Waals surface area contributed by atoms with Crippen molar-refractivity contribution in [1.82, 2.24) is 0 Å². The molecule has 0 fully saturated rings. The molecule has 3 heteroatoms. The van der Waals surface area contributed by atoms with Crippen molar-refractivity contribution in [2.75, 3.05) is 13.2 Å². The summed E-state index contributed by atoms with van der Waals surface area (Å²) in [6.07, 6.45) is 2.15. The van der Waals surface area contributed by atoms with E-state index in [1.54, 1.807) is 6.92 Å². The van der Waals surface area contributed by atoms with Gasteiger partial charge in [-0.2, -0.15) is 0 Å². The van der Waals surface area contributed by atoms with Gasteiger partial charge in [0, 0.05) is 18.6 Å². The first kappa shape index (κ1) is 21.5. The Morgan fingerprint density at radius 1 is 0.833 bits per heavy atom. The second-order valence-electron chi connectivity index (χ2n) is 7.42. The lowest BCUT2D eigenvalue weighted by atomic mass is 9.94. The molecule has 0 aromatic heterocycles. The molecular formula is C27H28O3. The van der Waals surface area contributed by atoms with Gasteiger partial charge in [0.1, 0.15) is 0 Å². The van der Waals surface area contributed by atoms with Crippen molar-refractivity contribution >= 4 is 5.97 Å². The average molecular weight is 401 g/mol. The maximum Gasteiger partial charge on any atom is 0.333 e. The molecule has 0 unspecified atom stereocenters. The summed E-state index contributed by atoms with van der Waals surface area (Å²) in [5.41, 5.74) is 7.38. The van der Waals surface area contributed by atoms with Crippen LogP contribution in [0.5, 0.6) is 0 Å². The highest BCUT2D eigenvalue weighted by molar-refractivity contribution is 5.86. The van der Waals surface area contributed by atoms with E-state index in [2.05, 4.69) is 61.2 Å². The first-order valence-corrected chi connectivity index (χ1v) is 10.3. The fraction of sp³-hybridized carbons (Fsp3) is 0.222. The molecule has 3 aromatic carbocycles. The van der Waals surface area contributed by atoms with Gasteiger partial charge in [-0.05, 0) is 53.1 Å². The average Bonchev–Trinajstić information content (AvgIpc) is 2.78. The Bertz CT molecular complexity index is 988. The van der Waals surface area contributed by atoms with Crippen molar-refractivity contribution in [3.63, 3.8) is 0 Å². The Kier molecular flexibility index (Phi) is 7.58. The molecule has 0 radical (unpaired) electrons. The lowest BCUT2D eigenvalue weighted by Crippen LogP contribution is -2.09. The van der Waals surface area contributed by atoms with Crippen LogP contribution in [0.3, 0.4) is 0 Å². The van der Waals surface area contributed by atoms with Crippen molar-refractivity contribution < 1.29 is 14.6 Å². The molecule has 0 amide bonds. The highest BCUT2D eigenvalue weighted by Gasteiger charge is 2.09. The predicted molar refractivity (Wildman–Crippen MR) is 122 cm³/mol. The van der Waals surface area contributed by atoms with E-state index in [1.165, 1.54) is 16.7 Å². The van der Waals surface area contributed by atoms with Gasteiger partial charge in [0.15, 0.2) is 0 Å². The van der Waals surface area contributed by atoms with Crippen LogP contribution in [-0.2, 0) is 22.4 Å². The van der Waals surface area contributed by atoms with Crippen molar-refractivity contribution in [3.05, 3.63) is 96.1 Å². The molecule has 30 heavy (non-hydrogen) atoms. The zero-order chi connectivity index (χ0) is 21.3. The van der Waals surface area contributed by atoms with Gasteiger partial charge in [-0.25, -0.2) is 4.79 Å². The van der Waals surface area contributed by atoms with Crippen LogP contribution in [0.25, 0.3) is 22.3 Å². The molecule has 3 aromatic rings. The van der Waals surface area contributed by atoms with Gasteiger partial charge in [0.05, 0.1) is 6.61 Å². The molecule has 0 bridgehead atoms. The number of hydrogen-bond acceptors (Lipinski definition) is 3. The summed E-state index contributed by atoms with van der Waals surface area (Å²) in [5, 5.41) is 9.20. The maximum absolute atomic E-state index is 11.7. The molecule has 0 spiro atoms. The maximum atomic E-state index is 11.7. The van der Waals surface area contributed by atoms with Crippen LogP contribution in [0.1, 0.15) is 24.5 Å². The van der Waals surface area contributed by atoms with E-state index < -0.39 is 0 Å². The van der Waals surface area contributed by atoms with Gasteiger partial charge >= 0.3 is 5.97 Å². The molecule has 0 saturated carbocycles. The highest BCUT2D eigenvalue weighted by Crippen LogP contribution is 2.27. The second-order valence-corrected chi connectivity index (χ2v) is 7.42. The van der Waals surface area contributed by atoms with Crippen molar-refractivity contribution in [2.45, 2.75) is 26.2 Å². The lowest BCUT2D eigenvalue weighted by Gasteiger charge is -2.13. The van der Waals surface area contributed by atoms with Crippen LogP contribution in [-0.4, -0.2) is 24.3 Å². The number of carbonyl (C=O) groups is 1. The number of aliphatic hydroxyl groups excluding tert-OH is 1. The summed E-state index contributed by atoms with van der Waals surface area (Å²) in [7, 11) is 0. The van der Waals surface area contributed by atoms with Crippen LogP contribution in [0.2, 0.25) is 0 Å². The third-order valence-corrected chi connectivity index (χ3v) is 5.09. The summed E-state index contributed by atoms with van der Waals surface area (Å²) < 4.78 is 5.29. The third kappa shape index (κ3) is 5.68. The van der Waals surface area contributed by atoms with Gasteiger partial charge in [0.2, 0.25) is 0 Å². The van der Waals surface area contributed by atoms with Gasteiger partial charge in [-0.15, -0.1) is 0 Å².